The van der Waals surface area contributed by atoms with Crippen LogP contribution in [0.15, 0.2) is 24.3 Å². The van der Waals surface area contributed by atoms with E-state index in [9.17, 15) is 0 Å². The molecule has 1 saturated heterocycles. The lowest BCUT2D eigenvalue weighted by Gasteiger charge is -2.21. The van der Waals surface area contributed by atoms with Gasteiger partial charge >= 0.3 is 0 Å². The first kappa shape index (κ1) is 15.1. The molecule has 0 bridgehead atoms. The molecule has 1 unspecified atom stereocenters. The molecule has 1 aliphatic heterocycles. The van der Waals surface area contributed by atoms with Crippen LogP contribution in [-0.2, 0) is 6.54 Å². The minimum Gasteiger partial charge on any atom is -0.384 e. The molecule has 0 aromatic heterocycles. The monoisotopic (exact) mass is 271 g/mol. The summed E-state index contributed by atoms with van der Waals surface area (Å²) in [6.07, 6.45) is 5.31. The molecule has 2 heteroatoms. The van der Waals surface area contributed by atoms with Crippen LogP contribution in [-0.4, -0.2) is 29.7 Å². The fourth-order valence-corrected chi connectivity index (χ4v) is 2.95. The van der Waals surface area contributed by atoms with Crippen molar-refractivity contribution in [3.63, 3.8) is 0 Å². The van der Waals surface area contributed by atoms with Gasteiger partial charge in [0.1, 0.15) is 6.61 Å². The normalized spacial score (nSPS) is 20.0. The van der Waals surface area contributed by atoms with Crippen molar-refractivity contribution in [2.45, 2.75) is 39.2 Å². The topological polar surface area (TPSA) is 23.5 Å². The van der Waals surface area contributed by atoms with Crippen LogP contribution in [0.2, 0.25) is 0 Å². The third-order valence-electron chi connectivity index (χ3n) is 4.23. The fraction of sp³-hybridized carbons (Fsp3) is 0.556. The van der Waals surface area contributed by atoms with E-state index in [0.29, 0.717) is 0 Å². The van der Waals surface area contributed by atoms with Gasteiger partial charge in [-0.25, -0.2) is 0 Å². The van der Waals surface area contributed by atoms with Gasteiger partial charge in [0.05, 0.1) is 0 Å². The standard InChI is InChI=1S/C18H25NO/c1-2-16-7-5-12-19(13-11-16)15-18-9-4-3-8-17(18)10-6-14-20/h3-4,8-9,16,20H,2,5,7,11-15H2,1H3. The fourth-order valence-electron chi connectivity index (χ4n) is 2.95. The van der Waals surface area contributed by atoms with Gasteiger partial charge < -0.3 is 5.11 Å². The van der Waals surface area contributed by atoms with Gasteiger partial charge in [0.25, 0.3) is 0 Å². The number of benzene rings is 1. The molecule has 0 aliphatic carbocycles. The van der Waals surface area contributed by atoms with Crippen molar-refractivity contribution >= 4 is 0 Å². The Hall–Kier alpha value is -1.30. The van der Waals surface area contributed by atoms with Gasteiger partial charge in [-0.3, -0.25) is 4.90 Å². The smallest absolute Gasteiger partial charge is 0.104 e. The van der Waals surface area contributed by atoms with Crippen molar-refractivity contribution < 1.29 is 5.11 Å². The number of aliphatic hydroxyl groups excluding tert-OH is 1. The summed E-state index contributed by atoms with van der Waals surface area (Å²) in [7, 11) is 0. The number of rotatable bonds is 3. The van der Waals surface area contributed by atoms with Crippen molar-refractivity contribution in [2.75, 3.05) is 19.7 Å². The summed E-state index contributed by atoms with van der Waals surface area (Å²) in [5.41, 5.74) is 2.33. The molecule has 20 heavy (non-hydrogen) atoms. The summed E-state index contributed by atoms with van der Waals surface area (Å²) in [6, 6.07) is 8.29. The van der Waals surface area contributed by atoms with E-state index >= 15 is 0 Å². The van der Waals surface area contributed by atoms with Crippen LogP contribution in [0.5, 0.6) is 0 Å². The average molecular weight is 271 g/mol. The lowest BCUT2D eigenvalue weighted by Crippen LogP contribution is -2.24. The zero-order valence-corrected chi connectivity index (χ0v) is 12.4. The maximum Gasteiger partial charge on any atom is 0.104 e. The first-order valence-electron chi connectivity index (χ1n) is 7.73. The second-order valence-corrected chi connectivity index (χ2v) is 5.60. The summed E-state index contributed by atoms with van der Waals surface area (Å²) in [5, 5.41) is 8.85. The maximum atomic E-state index is 8.85. The van der Waals surface area contributed by atoms with E-state index in [0.717, 1.165) is 18.0 Å². The highest BCUT2D eigenvalue weighted by molar-refractivity contribution is 5.41. The number of hydrogen-bond donors (Lipinski definition) is 1. The molecular weight excluding hydrogens is 246 g/mol. The van der Waals surface area contributed by atoms with Crippen LogP contribution < -0.4 is 0 Å². The Bertz CT molecular complexity index is 472. The van der Waals surface area contributed by atoms with Crippen molar-refractivity contribution in [3.05, 3.63) is 35.4 Å². The first-order chi connectivity index (χ1) is 9.83. The first-order valence-corrected chi connectivity index (χ1v) is 7.73. The third-order valence-corrected chi connectivity index (χ3v) is 4.23. The Labute approximate surface area is 122 Å². The zero-order chi connectivity index (χ0) is 14.2. The summed E-state index contributed by atoms with van der Waals surface area (Å²) in [4.78, 5) is 2.55. The van der Waals surface area contributed by atoms with Gasteiger partial charge in [0, 0.05) is 12.1 Å². The molecule has 1 atom stereocenters. The van der Waals surface area contributed by atoms with Crippen LogP contribution in [0.25, 0.3) is 0 Å². The average Bonchev–Trinajstić information content (AvgIpc) is 2.71. The van der Waals surface area contributed by atoms with Gasteiger partial charge in [-0.1, -0.05) is 43.4 Å². The van der Waals surface area contributed by atoms with E-state index in [1.165, 1.54) is 44.3 Å². The molecule has 0 amide bonds. The summed E-state index contributed by atoms with van der Waals surface area (Å²) < 4.78 is 0. The Morgan fingerprint density at radius 2 is 2.10 bits per heavy atom. The number of hydrogen-bond acceptors (Lipinski definition) is 2. The third kappa shape index (κ3) is 4.37. The van der Waals surface area contributed by atoms with Gasteiger partial charge in [-0.2, -0.15) is 0 Å². The maximum absolute atomic E-state index is 8.85. The molecule has 1 heterocycles. The molecule has 0 saturated carbocycles. The van der Waals surface area contributed by atoms with Crippen molar-refractivity contribution in [1.82, 2.24) is 4.90 Å². The van der Waals surface area contributed by atoms with E-state index in [4.69, 9.17) is 5.11 Å². The van der Waals surface area contributed by atoms with Crippen LogP contribution in [0.1, 0.15) is 43.7 Å². The summed E-state index contributed by atoms with van der Waals surface area (Å²) in [5.74, 6) is 6.73. The Kier molecular flexibility index (Phi) is 6.11. The minimum atomic E-state index is -0.0732. The zero-order valence-electron chi connectivity index (χ0n) is 12.4. The molecule has 1 aromatic rings. The van der Waals surface area contributed by atoms with E-state index in [1.54, 1.807) is 0 Å². The van der Waals surface area contributed by atoms with E-state index in [-0.39, 0.29) is 6.61 Å². The van der Waals surface area contributed by atoms with E-state index < -0.39 is 0 Å². The van der Waals surface area contributed by atoms with Crippen molar-refractivity contribution in [3.8, 4) is 11.8 Å². The highest BCUT2D eigenvalue weighted by atomic mass is 16.2. The lowest BCUT2D eigenvalue weighted by atomic mass is 9.98. The lowest BCUT2D eigenvalue weighted by molar-refractivity contribution is 0.272. The van der Waals surface area contributed by atoms with Crippen LogP contribution in [0, 0.1) is 17.8 Å². The quantitative estimate of drug-likeness (QED) is 0.854. The molecule has 2 rings (SSSR count). The summed E-state index contributed by atoms with van der Waals surface area (Å²) in [6.45, 7) is 5.60. The highest BCUT2D eigenvalue weighted by Gasteiger charge is 2.16. The largest absolute Gasteiger partial charge is 0.384 e. The van der Waals surface area contributed by atoms with Gasteiger partial charge in [-0.15, -0.1) is 0 Å². The molecule has 108 valence electrons. The molecule has 1 aromatic carbocycles. The van der Waals surface area contributed by atoms with E-state index in [1.807, 2.05) is 12.1 Å². The van der Waals surface area contributed by atoms with Gasteiger partial charge in [0.2, 0.25) is 0 Å². The molecular formula is C18H25NO. The van der Waals surface area contributed by atoms with Crippen molar-refractivity contribution in [2.24, 2.45) is 5.92 Å². The Morgan fingerprint density at radius 1 is 1.25 bits per heavy atom. The SMILES string of the molecule is CCC1CCCN(Cc2ccccc2C#CCO)CC1. The van der Waals surface area contributed by atoms with Crippen LogP contribution >= 0.6 is 0 Å². The number of likely N-dealkylation sites (tertiary alicyclic amines) is 1. The molecule has 1 N–H and O–H groups in total. The van der Waals surface area contributed by atoms with E-state index in [2.05, 4.69) is 35.8 Å². The minimum absolute atomic E-state index is 0.0732. The second kappa shape index (κ2) is 8.09. The Morgan fingerprint density at radius 3 is 2.90 bits per heavy atom. The highest BCUT2D eigenvalue weighted by Crippen LogP contribution is 2.22. The van der Waals surface area contributed by atoms with Crippen molar-refractivity contribution in [1.29, 1.82) is 0 Å². The Balaban J connectivity index is 2.02. The predicted octanol–water partition coefficient (Wildman–Crippen LogP) is 3.04. The van der Waals surface area contributed by atoms with Crippen LogP contribution in [0.4, 0.5) is 0 Å². The molecule has 2 nitrogen and oxygen atoms in total. The number of nitrogens with zero attached hydrogens (tertiary/aromatic N) is 1. The molecule has 1 fully saturated rings. The molecule has 0 radical (unpaired) electrons. The molecule has 0 spiro atoms. The molecule has 1 aliphatic rings. The van der Waals surface area contributed by atoms with Crippen LogP contribution in [0.3, 0.4) is 0 Å². The summed E-state index contributed by atoms with van der Waals surface area (Å²) >= 11 is 0. The predicted molar refractivity (Wildman–Crippen MR) is 83.3 cm³/mol. The number of aliphatic hydroxyl groups is 1. The van der Waals surface area contributed by atoms with Gasteiger partial charge in [-0.05, 0) is 49.9 Å². The second-order valence-electron chi connectivity index (χ2n) is 5.60. The van der Waals surface area contributed by atoms with Gasteiger partial charge in [0.15, 0.2) is 0 Å².